The van der Waals surface area contributed by atoms with Gasteiger partial charge in [0.05, 0.1) is 12.8 Å². The largest absolute Gasteiger partial charge is 0.481 e. The first-order chi connectivity index (χ1) is 29.1. The summed E-state index contributed by atoms with van der Waals surface area (Å²) in [6, 6.07) is 14.9. The van der Waals surface area contributed by atoms with Crippen molar-refractivity contribution in [3.05, 3.63) is 83.9 Å². The molecule has 1 fully saturated rings. The van der Waals surface area contributed by atoms with Crippen LogP contribution in [0, 0.1) is 11.8 Å². The Morgan fingerprint density at radius 1 is 0.639 bits per heavy atom. The Morgan fingerprint density at radius 3 is 1.85 bits per heavy atom. The molecule has 1 aliphatic rings. The van der Waals surface area contributed by atoms with Gasteiger partial charge in [0, 0.05) is 12.8 Å². The lowest BCUT2D eigenvalue weighted by Crippen LogP contribution is -2.59. The molecule has 0 bridgehead atoms. The average molecular weight is 843 g/mol. The fourth-order valence-corrected chi connectivity index (χ4v) is 7.55. The van der Waals surface area contributed by atoms with E-state index in [0.717, 1.165) is 42.9 Å². The molecule has 0 heterocycles. The SMILES string of the molecule is CC(C)C[C@H](NC(=O)[C@H](CC(=O)O)NC(=O)[C@H](CC1CCCCC1)NC(=O)[C@H](CCC(N)=O)NC(=O)Cc1ccc2ccccc2c1)C(=O)N[C@@H](Cc1ccccc1)C(=O)O. The van der Waals surface area contributed by atoms with Gasteiger partial charge in [-0.15, -0.1) is 0 Å². The van der Waals surface area contributed by atoms with Gasteiger partial charge in [0.2, 0.25) is 35.4 Å². The quantitative estimate of drug-likeness (QED) is 0.0692. The van der Waals surface area contributed by atoms with Gasteiger partial charge in [0.15, 0.2) is 0 Å². The molecule has 0 saturated heterocycles. The van der Waals surface area contributed by atoms with E-state index in [2.05, 4.69) is 26.6 Å². The molecule has 16 nitrogen and oxygen atoms in total. The molecular weight excluding hydrogens is 785 g/mol. The molecule has 0 radical (unpaired) electrons. The maximum atomic E-state index is 14.1. The molecular formula is C45H58N6O10. The van der Waals surface area contributed by atoms with E-state index in [0.29, 0.717) is 11.1 Å². The second-order valence-corrected chi connectivity index (χ2v) is 16.2. The van der Waals surface area contributed by atoms with E-state index in [1.165, 1.54) is 0 Å². The summed E-state index contributed by atoms with van der Waals surface area (Å²) < 4.78 is 0. The summed E-state index contributed by atoms with van der Waals surface area (Å²) >= 11 is 0. The minimum Gasteiger partial charge on any atom is -0.481 e. The van der Waals surface area contributed by atoms with Crippen molar-refractivity contribution in [3.8, 4) is 0 Å². The van der Waals surface area contributed by atoms with Crippen LogP contribution < -0.4 is 32.3 Å². The minimum atomic E-state index is -1.70. The van der Waals surface area contributed by atoms with Crippen LogP contribution in [0.4, 0.5) is 0 Å². The van der Waals surface area contributed by atoms with Crippen LogP contribution in [0.25, 0.3) is 10.8 Å². The lowest BCUT2D eigenvalue weighted by molar-refractivity contribution is -0.143. The zero-order valence-electron chi connectivity index (χ0n) is 34.7. The van der Waals surface area contributed by atoms with Crippen LogP contribution in [-0.4, -0.2) is 87.8 Å². The minimum absolute atomic E-state index is 0.000277. The molecule has 0 unspecified atom stereocenters. The highest BCUT2D eigenvalue weighted by Crippen LogP contribution is 2.27. The fourth-order valence-electron chi connectivity index (χ4n) is 7.55. The number of aliphatic carboxylic acids is 2. The van der Waals surface area contributed by atoms with E-state index >= 15 is 0 Å². The normalized spacial score (nSPS) is 15.3. The Morgan fingerprint density at radius 2 is 1.21 bits per heavy atom. The van der Waals surface area contributed by atoms with Gasteiger partial charge in [-0.05, 0) is 53.0 Å². The van der Waals surface area contributed by atoms with Crippen molar-refractivity contribution in [2.45, 2.75) is 121 Å². The molecule has 1 aliphatic carbocycles. The van der Waals surface area contributed by atoms with Crippen molar-refractivity contribution in [1.82, 2.24) is 26.6 Å². The van der Waals surface area contributed by atoms with Crippen LogP contribution >= 0.6 is 0 Å². The number of nitrogens with two attached hydrogens (primary N) is 1. The van der Waals surface area contributed by atoms with Crippen molar-refractivity contribution in [2.24, 2.45) is 17.6 Å². The summed E-state index contributed by atoms with van der Waals surface area (Å²) in [5, 5.41) is 34.4. The third kappa shape index (κ3) is 16.0. The van der Waals surface area contributed by atoms with Crippen molar-refractivity contribution >= 4 is 58.2 Å². The Balaban J connectivity index is 1.51. The third-order valence-corrected chi connectivity index (χ3v) is 10.7. The fraction of sp³-hybridized carbons (Fsp3) is 0.467. The molecule has 3 aromatic carbocycles. The number of fused-ring (bicyclic) bond motifs is 1. The van der Waals surface area contributed by atoms with Gasteiger partial charge >= 0.3 is 11.9 Å². The number of carbonyl (C=O) groups excluding carboxylic acids is 6. The molecule has 4 rings (SSSR count). The number of carbonyl (C=O) groups is 8. The number of primary amides is 1. The first-order valence-corrected chi connectivity index (χ1v) is 20.8. The zero-order valence-corrected chi connectivity index (χ0v) is 34.7. The van der Waals surface area contributed by atoms with Crippen LogP contribution in [0.3, 0.4) is 0 Å². The van der Waals surface area contributed by atoms with Crippen LogP contribution in [0.1, 0.15) is 89.2 Å². The summed E-state index contributed by atoms with van der Waals surface area (Å²) in [4.78, 5) is 105. The van der Waals surface area contributed by atoms with Crippen LogP contribution in [0.5, 0.6) is 0 Å². The van der Waals surface area contributed by atoms with Gasteiger partial charge in [-0.25, -0.2) is 4.79 Å². The zero-order chi connectivity index (χ0) is 44.5. The Hall–Kier alpha value is -6.32. The molecule has 0 spiro atoms. The van der Waals surface area contributed by atoms with Crippen LogP contribution in [0.15, 0.2) is 72.8 Å². The van der Waals surface area contributed by atoms with Crippen molar-refractivity contribution in [1.29, 1.82) is 0 Å². The van der Waals surface area contributed by atoms with E-state index in [9.17, 15) is 48.6 Å². The molecule has 5 atom stereocenters. The highest BCUT2D eigenvalue weighted by atomic mass is 16.4. The summed E-state index contributed by atoms with van der Waals surface area (Å²) in [5.74, 6) is -7.58. The summed E-state index contributed by atoms with van der Waals surface area (Å²) in [5.41, 5.74) is 6.75. The van der Waals surface area contributed by atoms with E-state index in [1.54, 1.807) is 50.2 Å². The number of hydrogen-bond acceptors (Lipinski definition) is 8. The van der Waals surface area contributed by atoms with Gasteiger partial charge in [-0.2, -0.15) is 0 Å². The number of hydrogen-bond donors (Lipinski definition) is 8. The molecule has 6 amide bonds. The smallest absolute Gasteiger partial charge is 0.326 e. The molecule has 0 aromatic heterocycles. The molecule has 3 aromatic rings. The van der Waals surface area contributed by atoms with Gasteiger partial charge in [0.25, 0.3) is 0 Å². The number of benzene rings is 3. The molecule has 0 aliphatic heterocycles. The van der Waals surface area contributed by atoms with Crippen LogP contribution in [-0.2, 0) is 51.2 Å². The maximum Gasteiger partial charge on any atom is 0.326 e. The Bertz CT molecular complexity index is 2020. The predicted octanol–water partition coefficient (Wildman–Crippen LogP) is 2.89. The lowest BCUT2D eigenvalue weighted by Gasteiger charge is -2.29. The van der Waals surface area contributed by atoms with Gasteiger partial charge < -0.3 is 42.5 Å². The predicted molar refractivity (Wildman–Crippen MR) is 226 cm³/mol. The number of nitrogens with one attached hydrogen (secondary N) is 5. The highest BCUT2D eigenvalue weighted by Gasteiger charge is 2.35. The van der Waals surface area contributed by atoms with Crippen molar-refractivity contribution in [2.75, 3.05) is 0 Å². The van der Waals surface area contributed by atoms with Gasteiger partial charge in [0.1, 0.15) is 30.2 Å². The molecule has 9 N–H and O–H groups in total. The first-order valence-electron chi connectivity index (χ1n) is 20.8. The van der Waals surface area contributed by atoms with Crippen LogP contribution in [0.2, 0.25) is 0 Å². The topological polar surface area (TPSA) is 263 Å². The Kier molecular flexibility index (Phi) is 18.2. The monoisotopic (exact) mass is 842 g/mol. The number of carboxylic acids is 2. The molecule has 16 heteroatoms. The summed E-state index contributed by atoms with van der Waals surface area (Å²) in [7, 11) is 0. The average Bonchev–Trinajstić information content (AvgIpc) is 3.21. The van der Waals surface area contributed by atoms with E-state index in [-0.39, 0.29) is 50.4 Å². The third-order valence-electron chi connectivity index (χ3n) is 10.7. The number of rotatable bonds is 23. The second kappa shape index (κ2) is 23.5. The van der Waals surface area contributed by atoms with E-state index in [1.807, 2.05) is 36.4 Å². The standard InChI is InChI=1S/C45H58N6O10/c1-27(2)21-34(42(57)51-37(45(60)61)24-29-13-7-4-8-14-29)48-44(59)36(26-40(54)55)50-43(58)35(23-28-11-5-3-6-12-28)49-41(56)33(19-20-38(46)52)47-39(53)25-30-17-18-31-15-9-10-16-32(31)22-30/h4,7-10,13-18,22,27-28,33-37H,3,5-6,11-12,19-21,23-26H2,1-2H3,(H2,46,52)(H,47,53)(H,48,59)(H,49,56)(H,50,58)(H,51,57)(H,54,55)(H,60,61)/t33-,34-,35-,36-,37-/m0/s1. The van der Waals surface area contributed by atoms with Gasteiger partial charge in [-0.1, -0.05) is 119 Å². The van der Waals surface area contributed by atoms with E-state index in [4.69, 9.17) is 5.73 Å². The van der Waals surface area contributed by atoms with Gasteiger partial charge in [-0.3, -0.25) is 33.6 Å². The molecule has 1 saturated carbocycles. The van der Waals surface area contributed by atoms with Crippen molar-refractivity contribution < 1.29 is 48.6 Å². The summed E-state index contributed by atoms with van der Waals surface area (Å²) in [6.45, 7) is 3.56. The molecule has 328 valence electrons. The number of carboxylic acid groups (broad SMARTS) is 2. The van der Waals surface area contributed by atoms with Crippen molar-refractivity contribution in [3.63, 3.8) is 0 Å². The summed E-state index contributed by atoms with van der Waals surface area (Å²) in [6.07, 6.45) is 3.12. The maximum absolute atomic E-state index is 14.1. The second-order valence-electron chi connectivity index (χ2n) is 16.2. The van der Waals surface area contributed by atoms with E-state index < -0.39 is 84.0 Å². The number of amides is 6. The first kappa shape index (κ1) is 47.4. The highest BCUT2D eigenvalue weighted by molar-refractivity contribution is 5.97. The Labute approximate surface area is 355 Å². The molecule has 61 heavy (non-hydrogen) atoms. The lowest BCUT2D eigenvalue weighted by atomic mass is 9.84.